The van der Waals surface area contributed by atoms with Gasteiger partial charge in [0.05, 0.1) is 16.3 Å². The third-order valence-electron chi connectivity index (χ3n) is 5.81. The van der Waals surface area contributed by atoms with Gasteiger partial charge >= 0.3 is 0 Å². The summed E-state index contributed by atoms with van der Waals surface area (Å²) in [4.78, 5) is 5.06. The zero-order valence-electron chi connectivity index (χ0n) is 18.0. The second-order valence-electron chi connectivity index (χ2n) is 7.98. The molecule has 8 heteroatoms. The average molecular weight is 459 g/mol. The average Bonchev–Trinajstić information content (AvgIpc) is 3.13. The first kappa shape index (κ1) is 21.2. The Morgan fingerprint density at radius 3 is 2.33 bits per heavy atom. The van der Waals surface area contributed by atoms with E-state index in [4.69, 9.17) is 4.99 Å². The Bertz CT molecular complexity index is 1440. The fraction of sp³-hybridized carbons (Fsp3) is 0.160. The molecule has 0 bridgehead atoms. The van der Waals surface area contributed by atoms with Gasteiger partial charge in [0, 0.05) is 11.1 Å². The van der Waals surface area contributed by atoms with Crippen molar-refractivity contribution in [3.8, 4) is 5.69 Å². The van der Waals surface area contributed by atoms with Gasteiger partial charge in [0.2, 0.25) is 0 Å². The summed E-state index contributed by atoms with van der Waals surface area (Å²) in [6.45, 7) is 1.94. The summed E-state index contributed by atoms with van der Waals surface area (Å²) in [5, 5.41) is 8.81. The van der Waals surface area contributed by atoms with Gasteiger partial charge < -0.3 is 0 Å². The van der Waals surface area contributed by atoms with Crippen LogP contribution in [0.2, 0.25) is 0 Å². The topological polar surface area (TPSA) is 97.4 Å². The van der Waals surface area contributed by atoms with Crippen LogP contribution < -0.4 is 0 Å². The highest BCUT2D eigenvalue weighted by atomic mass is 32.2. The summed E-state index contributed by atoms with van der Waals surface area (Å²) in [6.07, 6.45) is 1.32. The Labute approximate surface area is 192 Å². The maximum Gasteiger partial charge on any atom is 0.294 e. The van der Waals surface area contributed by atoms with Crippen molar-refractivity contribution in [3.63, 3.8) is 0 Å². The van der Waals surface area contributed by atoms with Gasteiger partial charge in [-0.05, 0) is 43.5 Å². The number of para-hydroxylation sites is 1. The highest BCUT2D eigenvalue weighted by Gasteiger charge is 2.27. The number of aliphatic imine (C=N–C) groups is 1. The molecular formula is C25H22N4O3S. The van der Waals surface area contributed by atoms with Crippen LogP contribution in [0.5, 0.6) is 0 Å². The standard InChI is InChI=1S/C25H22N4O3S/c1-17-27-28-25-22(16-13-18-11-14-20(15-12-18)33(30,31)32)26-24(19-7-3-2-4-8-19)21-9-5-6-10-23(21)29(17)25/h2-12,14-15,22H,13,16H2,1H3,(H,30,31,32). The van der Waals surface area contributed by atoms with Gasteiger partial charge in [0.1, 0.15) is 11.9 Å². The van der Waals surface area contributed by atoms with E-state index < -0.39 is 10.1 Å². The quantitative estimate of drug-likeness (QED) is 0.449. The minimum atomic E-state index is -4.21. The van der Waals surface area contributed by atoms with Crippen LogP contribution in [-0.2, 0) is 16.5 Å². The number of fused-ring (bicyclic) bond motifs is 3. The van der Waals surface area contributed by atoms with Gasteiger partial charge in [-0.15, -0.1) is 10.2 Å². The molecule has 0 saturated heterocycles. The zero-order valence-corrected chi connectivity index (χ0v) is 18.8. The first-order valence-electron chi connectivity index (χ1n) is 10.6. The lowest BCUT2D eigenvalue weighted by Gasteiger charge is -2.13. The third-order valence-corrected chi connectivity index (χ3v) is 6.68. The Kier molecular flexibility index (Phi) is 5.39. The normalized spacial score (nSPS) is 15.3. The minimum Gasteiger partial charge on any atom is -0.282 e. The van der Waals surface area contributed by atoms with Crippen LogP contribution in [0.25, 0.3) is 5.69 Å². The van der Waals surface area contributed by atoms with Crippen LogP contribution in [0, 0.1) is 6.92 Å². The molecule has 0 saturated carbocycles. The smallest absolute Gasteiger partial charge is 0.282 e. The largest absolute Gasteiger partial charge is 0.294 e. The number of aryl methyl sites for hydroxylation is 2. The molecule has 1 N–H and O–H groups in total. The number of rotatable bonds is 5. The summed E-state index contributed by atoms with van der Waals surface area (Å²) in [5.41, 5.74) is 4.90. The third kappa shape index (κ3) is 4.10. The lowest BCUT2D eigenvalue weighted by Crippen LogP contribution is -2.08. The fourth-order valence-corrected chi connectivity index (χ4v) is 4.68. The number of nitrogens with zero attached hydrogens (tertiary/aromatic N) is 4. The van der Waals surface area contributed by atoms with Gasteiger partial charge in [0.25, 0.3) is 10.1 Å². The Morgan fingerprint density at radius 1 is 0.909 bits per heavy atom. The van der Waals surface area contributed by atoms with E-state index in [2.05, 4.69) is 39.0 Å². The Balaban J connectivity index is 1.56. The molecule has 2 heterocycles. The lowest BCUT2D eigenvalue weighted by atomic mass is 10.00. The zero-order chi connectivity index (χ0) is 23.0. The van der Waals surface area contributed by atoms with Gasteiger partial charge in [-0.3, -0.25) is 14.1 Å². The van der Waals surface area contributed by atoms with Crippen molar-refractivity contribution in [3.05, 3.63) is 107 Å². The number of hydrogen-bond donors (Lipinski definition) is 1. The second-order valence-corrected chi connectivity index (χ2v) is 9.40. The maximum atomic E-state index is 11.3. The van der Waals surface area contributed by atoms with Gasteiger partial charge in [-0.2, -0.15) is 8.42 Å². The van der Waals surface area contributed by atoms with E-state index in [9.17, 15) is 13.0 Å². The summed E-state index contributed by atoms with van der Waals surface area (Å²) in [7, 11) is -4.21. The molecule has 166 valence electrons. The van der Waals surface area contributed by atoms with E-state index >= 15 is 0 Å². The van der Waals surface area contributed by atoms with Gasteiger partial charge in [0.15, 0.2) is 5.82 Å². The summed E-state index contributed by atoms with van der Waals surface area (Å²) >= 11 is 0. The van der Waals surface area contributed by atoms with E-state index in [1.807, 2.05) is 37.3 Å². The molecule has 0 radical (unpaired) electrons. The van der Waals surface area contributed by atoms with Crippen molar-refractivity contribution in [2.75, 3.05) is 0 Å². The number of hydrogen-bond acceptors (Lipinski definition) is 5. The molecule has 7 nitrogen and oxygen atoms in total. The van der Waals surface area contributed by atoms with Gasteiger partial charge in [-0.25, -0.2) is 0 Å². The van der Waals surface area contributed by atoms with Crippen LogP contribution in [0.15, 0.2) is 88.8 Å². The highest BCUT2D eigenvalue weighted by Crippen LogP contribution is 2.33. The SMILES string of the molecule is Cc1nnc2n1-c1ccccc1C(c1ccccc1)=NC2CCc1ccc(S(=O)(=O)O)cc1. The van der Waals surface area contributed by atoms with Crippen molar-refractivity contribution >= 4 is 15.8 Å². The molecule has 4 aromatic rings. The van der Waals surface area contributed by atoms with E-state index in [0.29, 0.717) is 12.8 Å². The highest BCUT2D eigenvalue weighted by molar-refractivity contribution is 7.85. The summed E-state index contributed by atoms with van der Waals surface area (Å²) in [5.74, 6) is 1.57. The molecule has 1 aromatic heterocycles. The van der Waals surface area contributed by atoms with E-state index in [-0.39, 0.29) is 10.9 Å². The van der Waals surface area contributed by atoms with Crippen molar-refractivity contribution in [1.82, 2.24) is 14.8 Å². The molecule has 1 atom stereocenters. The minimum absolute atomic E-state index is 0.115. The number of aromatic nitrogens is 3. The monoisotopic (exact) mass is 458 g/mol. The molecule has 1 aliphatic rings. The Hall–Kier alpha value is -3.62. The van der Waals surface area contributed by atoms with Crippen LogP contribution in [-0.4, -0.2) is 33.4 Å². The van der Waals surface area contributed by atoms with Crippen LogP contribution in [0.4, 0.5) is 0 Å². The molecule has 0 aliphatic carbocycles. The van der Waals surface area contributed by atoms with E-state index in [1.165, 1.54) is 12.1 Å². The molecule has 3 aromatic carbocycles. The van der Waals surface area contributed by atoms with Crippen LogP contribution >= 0.6 is 0 Å². The molecule has 33 heavy (non-hydrogen) atoms. The molecule has 0 amide bonds. The second kappa shape index (κ2) is 8.38. The van der Waals surface area contributed by atoms with Crippen molar-refractivity contribution in [1.29, 1.82) is 0 Å². The van der Waals surface area contributed by atoms with Crippen molar-refractivity contribution in [2.45, 2.75) is 30.7 Å². The molecule has 5 rings (SSSR count). The maximum absolute atomic E-state index is 11.3. The predicted molar refractivity (Wildman–Crippen MR) is 125 cm³/mol. The first-order valence-corrected chi connectivity index (χ1v) is 12.1. The molecule has 0 fully saturated rings. The van der Waals surface area contributed by atoms with Gasteiger partial charge in [-0.1, -0.05) is 60.7 Å². The van der Waals surface area contributed by atoms with Crippen molar-refractivity contribution in [2.24, 2.45) is 4.99 Å². The first-order chi connectivity index (χ1) is 15.9. The van der Waals surface area contributed by atoms with Crippen LogP contribution in [0.3, 0.4) is 0 Å². The Morgan fingerprint density at radius 2 is 1.61 bits per heavy atom. The molecule has 1 unspecified atom stereocenters. The summed E-state index contributed by atoms with van der Waals surface area (Å²) in [6, 6.07) is 24.3. The van der Waals surface area contributed by atoms with Crippen LogP contribution in [0.1, 0.15) is 40.8 Å². The fourth-order valence-electron chi connectivity index (χ4n) is 4.20. The summed E-state index contributed by atoms with van der Waals surface area (Å²) < 4.78 is 33.9. The van der Waals surface area contributed by atoms with E-state index in [0.717, 1.165) is 39.7 Å². The number of benzene rings is 3. The predicted octanol–water partition coefficient (Wildman–Crippen LogP) is 4.35. The molecular weight excluding hydrogens is 436 g/mol. The van der Waals surface area contributed by atoms with E-state index in [1.54, 1.807) is 12.1 Å². The molecule has 1 aliphatic heterocycles. The molecule has 0 spiro atoms. The lowest BCUT2D eigenvalue weighted by molar-refractivity contribution is 0.483. The van der Waals surface area contributed by atoms with Crippen molar-refractivity contribution < 1.29 is 13.0 Å².